The van der Waals surface area contributed by atoms with Gasteiger partial charge in [-0.25, -0.2) is 4.39 Å². The van der Waals surface area contributed by atoms with Gasteiger partial charge in [0.1, 0.15) is 5.82 Å². The maximum Gasteiger partial charge on any atom is 0.217 e. The molecule has 1 amide bonds. The third kappa shape index (κ3) is 4.59. The third-order valence-corrected chi connectivity index (χ3v) is 2.34. The summed E-state index contributed by atoms with van der Waals surface area (Å²) >= 11 is 5.74. The fourth-order valence-electron chi connectivity index (χ4n) is 1.29. The lowest BCUT2D eigenvalue weighted by Crippen LogP contribution is -2.18. The normalized spacial score (nSPS) is 10.4. The summed E-state index contributed by atoms with van der Waals surface area (Å²) in [4.78, 5) is 10.4. The lowest BCUT2D eigenvalue weighted by atomic mass is 10.2. The van der Waals surface area contributed by atoms with Crippen LogP contribution in [0.25, 0.3) is 0 Å². The van der Waals surface area contributed by atoms with E-state index in [1.165, 1.54) is 12.1 Å². The first kappa shape index (κ1) is 12.9. The van der Waals surface area contributed by atoms with Crippen LogP contribution in [0.4, 0.5) is 4.39 Å². The van der Waals surface area contributed by atoms with E-state index in [2.05, 4.69) is 5.32 Å². The van der Waals surface area contributed by atoms with Crippen LogP contribution in [-0.4, -0.2) is 12.5 Å². The quantitative estimate of drug-likeness (QED) is 0.751. The lowest BCUT2D eigenvalue weighted by molar-refractivity contribution is -0.118. The summed E-state index contributed by atoms with van der Waals surface area (Å²) in [6.45, 7) is 1.01. The average molecular weight is 245 g/mol. The van der Waals surface area contributed by atoms with Crippen LogP contribution in [0, 0.1) is 5.82 Å². The molecule has 0 bridgehead atoms. The molecule has 3 N–H and O–H groups in total. The zero-order valence-corrected chi connectivity index (χ0v) is 9.56. The topological polar surface area (TPSA) is 55.1 Å². The summed E-state index contributed by atoms with van der Waals surface area (Å²) < 4.78 is 13.2. The van der Waals surface area contributed by atoms with E-state index in [0.717, 1.165) is 0 Å². The molecule has 1 aromatic carbocycles. The molecule has 0 aliphatic heterocycles. The van der Waals surface area contributed by atoms with Crippen molar-refractivity contribution in [1.82, 2.24) is 5.32 Å². The van der Waals surface area contributed by atoms with Crippen molar-refractivity contribution in [1.29, 1.82) is 0 Å². The van der Waals surface area contributed by atoms with Gasteiger partial charge in [0.25, 0.3) is 0 Å². The number of rotatable bonds is 6. The number of benzene rings is 1. The molecule has 1 rings (SSSR count). The number of carbonyl (C=O) groups is 1. The van der Waals surface area contributed by atoms with Gasteiger partial charge in [0.05, 0.1) is 0 Å². The Balaban J connectivity index is 2.31. The smallest absolute Gasteiger partial charge is 0.217 e. The van der Waals surface area contributed by atoms with Gasteiger partial charge in [-0.05, 0) is 31.2 Å². The predicted molar refractivity (Wildman–Crippen MR) is 61.5 cm³/mol. The van der Waals surface area contributed by atoms with Crippen molar-refractivity contribution in [3.05, 3.63) is 34.6 Å². The minimum atomic E-state index is -0.323. The highest BCUT2D eigenvalue weighted by Crippen LogP contribution is 2.14. The first-order chi connectivity index (χ1) is 7.59. The van der Waals surface area contributed by atoms with Gasteiger partial charge in [0, 0.05) is 23.6 Å². The number of nitrogens with two attached hydrogens (primary N) is 1. The highest BCUT2D eigenvalue weighted by molar-refractivity contribution is 6.30. The minimum Gasteiger partial charge on any atom is -0.370 e. The zero-order chi connectivity index (χ0) is 12.0. The first-order valence-corrected chi connectivity index (χ1v) is 5.40. The van der Waals surface area contributed by atoms with Crippen LogP contribution >= 0.6 is 11.6 Å². The summed E-state index contributed by atoms with van der Waals surface area (Å²) in [6, 6.07) is 4.42. The van der Waals surface area contributed by atoms with Gasteiger partial charge in [-0.3, -0.25) is 4.79 Å². The van der Waals surface area contributed by atoms with Crippen LogP contribution in [0.1, 0.15) is 18.4 Å². The van der Waals surface area contributed by atoms with E-state index in [4.69, 9.17) is 17.3 Å². The van der Waals surface area contributed by atoms with Gasteiger partial charge in [-0.1, -0.05) is 11.6 Å². The molecule has 0 aromatic heterocycles. The standard InChI is InChI=1S/C11H14ClFN2O/c12-9-3-4-10(13)8(6-9)7-15-5-1-2-11(14)16/h3-4,6,15H,1-2,5,7H2,(H2,14,16). The highest BCUT2D eigenvalue weighted by atomic mass is 35.5. The molecular weight excluding hydrogens is 231 g/mol. The largest absolute Gasteiger partial charge is 0.370 e. The molecule has 0 aliphatic carbocycles. The number of halogens is 2. The van der Waals surface area contributed by atoms with Crippen molar-refractivity contribution < 1.29 is 9.18 Å². The molecule has 0 saturated carbocycles. The number of hydrogen-bond donors (Lipinski definition) is 2. The van der Waals surface area contributed by atoms with Crippen molar-refractivity contribution in [3.63, 3.8) is 0 Å². The molecule has 1 aromatic rings. The Morgan fingerprint density at radius 2 is 2.25 bits per heavy atom. The Morgan fingerprint density at radius 1 is 1.50 bits per heavy atom. The molecule has 0 saturated heterocycles. The van der Waals surface area contributed by atoms with Gasteiger partial charge in [-0.15, -0.1) is 0 Å². The Kier molecular flexibility index (Phi) is 5.22. The molecule has 0 spiro atoms. The van der Waals surface area contributed by atoms with E-state index in [1.54, 1.807) is 6.07 Å². The van der Waals surface area contributed by atoms with E-state index >= 15 is 0 Å². The Bertz CT molecular complexity index is 371. The van der Waals surface area contributed by atoms with Gasteiger partial charge >= 0.3 is 0 Å². The van der Waals surface area contributed by atoms with Crippen LogP contribution in [0.2, 0.25) is 5.02 Å². The van der Waals surface area contributed by atoms with E-state index in [1.807, 2.05) is 0 Å². The SMILES string of the molecule is NC(=O)CCCNCc1cc(Cl)ccc1F. The fraction of sp³-hybridized carbons (Fsp3) is 0.364. The summed E-state index contributed by atoms with van der Waals surface area (Å²) in [5, 5.41) is 3.53. The van der Waals surface area contributed by atoms with Crippen molar-refractivity contribution in [2.75, 3.05) is 6.54 Å². The molecular formula is C11H14ClFN2O. The molecule has 0 heterocycles. The summed E-state index contributed by atoms with van der Waals surface area (Å²) in [5.74, 6) is -0.609. The number of primary amides is 1. The number of hydrogen-bond acceptors (Lipinski definition) is 2. The third-order valence-electron chi connectivity index (χ3n) is 2.10. The Labute approximate surface area is 98.8 Å². The molecule has 0 fully saturated rings. The average Bonchev–Trinajstić information content (AvgIpc) is 2.22. The van der Waals surface area contributed by atoms with Crippen molar-refractivity contribution in [2.45, 2.75) is 19.4 Å². The molecule has 0 unspecified atom stereocenters. The number of carbonyl (C=O) groups excluding carboxylic acids is 1. The lowest BCUT2D eigenvalue weighted by Gasteiger charge is -2.05. The fourth-order valence-corrected chi connectivity index (χ4v) is 1.48. The Morgan fingerprint density at radius 3 is 2.94 bits per heavy atom. The van der Waals surface area contributed by atoms with E-state index in [0.29, 0.717) is 36.5 Å². The molecule has 0 radical (unpaired) electrons. The van der Waals surface area contributed by atoms with Crippen molar-refractivity contribution >= 4 is 17.5 Å². The second-order valence-electron chi connectivity index (χ2n) is 3.48. The van der Waals surface area contributed by atoms with Gasteiger partial charge in [0.2, 0.25) is 5.91 Å². The molecule has 0 atom stereocenters. The maximum absolute atomic E-state index is 13.2. The van der Waals surface area contributed by atoms with Crippen LogP contribution in [-0.2, 0) is 11.3 Å². The number of nitrogens with one attached hydrogen (secondary N) is 1. The highest BCUT2D eigenvalue weighted by Gasteiger charge is 2.02. The number of amides is 1. The maximum atomic E-state index is 13.2. The van der Waals surface area contributed by atoms with E-state index in [9.17, 15) is 9.18 Å². The zero-order valence-electron chi connectivity index (χ0n) is 8.80. The van der Waals surface area contributed by atoms with E-state index < -0.39 is 0 Å². The molecule has 88 valence electrons. The van der Waals surface area contributed by atoms with Crippen molar-refractivity contribution in [2.24, 2.45) is 5.73 Å². The van der Waals surface area contributed by atoms with E-state index in [-0.39, 0.29) is 11.7 Å². The van der Waals surface area contributed by atoms with Crippen LogP contribution in [0.5, 0.6) is 0 Å². The molecule has 5 heteroatoms. The molecule has 3 nitrogen and oxygen atoms in total. The second-order valence-corrected chi connectivity index (χ2v) is 3.92. The second kappa shape index (κ2) is 6.45. The predicted octanol–water partition coefficient (Wildman–Crippen LogP) is 1.83. The van der Waals surface area contributed by atoms with Crippen LogP contribution in [0.15, 0.2) is 18.2 Å². The minimum absolute atomic E-state index is 0.285. The summed E-state index contributed by atoms with van der Waals surface area (Å²) in [6.07, 6.45) is 0.989. The van der Waals surface area contributed by atoms with Crippen LogP contribution in [0.3, 0.4) is 0 Å². The van der Waals surface area contributed by atoms with Gasteiger partial charge < -0.3 is 11.1 Å². The first-order valence-electron chi connectivity index (χ1n) is 5.02. The van der Waals surface area contributed by atoms with Gasteiger partial charge in [-0.2, -0.15) is 0 Å². The monoisotopic (exact) mass is 244 g/mol. The molecule has 0 aliphatic rings. The summed E-state index contributed by atoms with van der Waals surface area (Å²) in [7, 11) is 0. The Hall–Kier alpha value is -1.13. The molecule has 16 heavy (non-hydrogen) atoms. The van der Waals surface area contributed by atoms with Gasteiger partial charge in [0.15, 0.2) is 0 Å². The van der Waals surface area contributed by atoms with Crippen molar-refractivity contribution in [3.8, 4) is 0 Å². The van der Waals surface area contributed by atoms with Crippen LogP contribution < -0.4 is 11.1 Å². The summed E-state index contributed by atoms with van der Waals surface area (Å²) in [5.41, 5.74) is 5.51.